The van der Waals surface area contributed by atoms with Crippen molar-refractivity contribution in [2.24, 2.45) is 0 Å². The van der Waals surface area contributed by atoms with Gasteiger partial charge in [-0.3, -0.25) is 0 Å². The number of para-hydroxylation sites is 2. The van der Waals surface area contributed by atoms with Crippen LogP contribution < -0.4 is 0 Å². The van der Waals surface area contributed by atoms with Crippen molar-refractivity contribution < 1.29 is 8.83 Å². The average Bonchev–Trinajstić information content (AvgIpc) is 3.73. The molecule has 5 aromatic carbocycles. The van der Waals surface area contributed by atoms with Crippen molar-refractivity contribution in [2.75, 3.05) is 0 Å². The second-order valence-electron chi connectivity index (χ2n) is 11.8. The molecule has 44 heavy (non-hydrogen) atoms. The molecule has 5 nitrogen and oxygen atoms in total. The van der Waals surface area contributed by atoms with Crippen LogP contribution in [0.25, 0.3) is 66.5 Å². The van der Waals surface area contributed by atoms with Crippen LogP contribution in [0.3, 0.4) is 0 Å². The molecule has 206 valence electrons. The molecule has 3 aromatic heterocycles. The van der Waals surface area contributed by atoms with E-state index in [4.69, 9.17) is 8.83 Å². The average molecular weight is 566 g/mol. The summed E-state index contributed by atoms with van der Waals surface area (Å²) in [5, 5.41) is 24.8. The predicted molar refractivity (Wildman–Crippen MR) is 174 cm³/mol. The third-order valence-corrected chi connectivity index (χ3v) is 9.27. The van der Waals surface area contributed by atoms with E-state index in [9.17, 15) is 10.5 Å². The Morgan fingerprint density at radius 3 is 2.25 bits per heavy atom. The molecule has 1 aliphatic carbocycles. The monoisotopic (exact) mass is 565 g/mol. The highest BCUT2D eigenvalue weighted by molar-refractivity contribution is 6.14. The summed E-state index contributed by atoms with van der Waals surface area (Å²) >= 11 is 0. The SMILES string of the molecule is CC1(c2ccc(C#N)cc2-n2c3ccccc3c3cc(C#N)ccc32)C=Cc2oc3c(ccc4c5ccccc5oc43)c2C1. The molecule has 0 bridgehead atoms. The molecule has 5 heteroatoms. The first kappa shape index (κ1) is 24.5. The molecule has 9 rings (SSSR count). The van der Waals surface area contributed by atoms with Gasteiger partial charge in [0.25, 0.3) is 0 Å². The second-order valence-corrected chi connectivity index (χ2v) is 11.8. The Kier molecular flexibility index (Phi) is 4.87. The van der Waals surface area contributed by atoms with Crippen molar-refractivity contribution >= 4 is 60.8 Å². The van der Waals surface area contributed by atoms with E-state index in [1.54, 1.807) is 0 Å². The maximum atomic E-state index is 9.95. The van der Waals surface area contributed by atoms with Crippen LogP contribution in [0.5, 0.6) is 0 Å². The summed E-state index contributed by atoms with van der Waals surface area (Å²) in [6.45, 7) is 2.25. The van der Waals surface area contributed by atoms with Gasteiger partial charge < -0.3 is 13.4 Å². The first-order valence-electron chi connectivity index (χ1n) is 14.6. The zero-order valence-electron chi connectivity index (χ0n) is 23.8. The lowest BCUT2D eigenvalue weighted by atomic mass is 9.73. The van der Waals surface area contributed by atoms with Crippen molar-refractivity contribution in [3.8, 4) is 17.8 Å². The summed E-state index contributed by atoms with van der Waals surface area (Å²) in [5.74, 6) is 0.849. The first-order valence-corrected chi connectivity index (χ1v) is 14.6. The van der Waals surface area contributed by atoms with Crippen LogP contribution in [0.2, 0.25) is 0 Å². The van der Waals surface area contributed by atoms with Crippen LogP contribution in [0, 0.1) is 22.7 Å². The van der Waals surface area contributed by atoms with E-state index in [0.717, 1.165) is 77.3 Å². The minimum atomic E-state index is -0.403. The van der Waals surface area contributed by atoms with E-state index < -0.39 is 5.41 Å². The molecule has 8 aromatic rings. The van der Waals surface area contributed by atoms with E-state index in [2.05, 4.69) is 72.2 Å². The lowest BCUT2D eigenvalue weighted by Crippen LogP contribution is -2.26. The number of nitrogens with zero attached hydrogens (tertiary/aromatic N) is 3. The maximum absolute atomic E-state index is 9.95. The van der Waals surface area contributed by atoms with Gasteiger partial charge in [-0.2, -0.15) is 10.5 Å². The molecule has 1 atom stereocenters. The zero-order valence-corrected chi connectivity index (χ0v) is 23.8. The number of fused-ring (bicyclic) bond motifs is 10. The number of rotatable bonds is 2. The predicted octanol–water partition coefficient (Wildman–Crippen LogP) is 9.70. The number of allylic oxidation sites excluding steroid dienone is 1. The lowest BCUT2D eigenvalue weighted by Gasteiger charge is -2.32. The fraction of sp³-hybridized carbons (Fsp3) is 0.0769. The summed E-state index contributed by atoms with van der Waals surface area (Å²) in [6, 6.07) is 37.0. The van der Waals surface area contributed by atoms with E-state index in [1.165, 1.54) is 0 Å². The molecule has 1 unspecified atom stereocenters. The molecule has 0 spiro atoms. The van der Waals surface area contributed by atoms with Gasteiger partial charge in [-0.1, -0.05) is 55.5 Å². The van der Waals surface area contributed by atoms with Crippen molar-refractivity contribution in [3.05, 3.63) is 131 Å². The van der Waals surface area contributed by atoms with E-state index in [0.29, 0.717) is 17.5 Å². The second kappa shape index (κ2) is 8.74. The van der Waals surface area contributed by atoms with Crippen LogP contribution in [-0.2, 0) is 11.8 Å². The van der Waals surface area contributed by atoms with Crippen molar-refractivity contribution in [2.45, 2.75) is 18.8 Å². The molecule has 0 amide bonds. The third kappa shape index (κ3) is 3.27. The van der Waals surface area contributed by atoms with Crippen molar-refractivity contribution in [1.29, 1.82) is 10.5 Å². The summed E-state index contributed by atoms with van der Waals surface area (Å²) in [4.78, 5) is 0. The lowest BCUT2D eigenvalue weighted by molar-refractivity contribution is 0.546. The Morgan fingerprint density at radius 2 is 1.39 bits per heavy atom. The highest BCUT2D eigenvalue weighted by atomic mass is 16.4. The maximum Gasteiger partial charge on any atom is 0.178 e. The minimum Gasteiger partial charge on any atom is -0.452 e. The van der Waals surface area contributed by atoms with Gasteiger partial charge in [0.05, 0.1) is 40.0 Å². The largest absolute Gasteiger partial charge is 0.452 e. The van der Waals surface area contributed by atoms with Gasteiger partial charge in [0, 0.05) is 37.9 Å². The van der Waals surface area contributed by atoms with Crippen LogP contribution >= 0.6 is 0 Å². The van der Waals surface area contributed by atoms with Gasteiger partial charge in [-0.15, -0.1) is 0 Å². The van der Waals surface area contributed by atoms with Crippen LogP contribution in [0.1, 0.15) is 34.9 Å². The molecular formula is C39H23N3O2. The normalized spacial score (nSPS) is 16.2. The number of nitriles is 2. The summed E-state index contributed by atoms with van der Waals surface area (Å²) in [7, 11) is 0. The van der Waals surface area contributed by atoms with Crippen LogP contribution in [0.15, 0.2) is 112 Å². The quantitative estimate of drug-likeness (QED) is 0.209. The smallest absolute Gasteiger partial charge is 0.178 e. The molecule has 0 saturated carbocycles. The fourth-order valence-corrected chi connectivity index (χ4v) is 7.17. The third-order valence-electron chi connectivity index (χ3n) is 9.27. The molecule has 0 radical (unpaired) electrons. The van der Waals surface area contributed by atoms with E-state index in [-0.39, 0.29) is 0 Å². The number of benzene rings is 5. The van der Waals surface area contributed by atoms with E-state index >= 15 is 0 Å². The van der Waals surface area contributed by atoms with Crippen molar-refractivity contribution in [1.82, 2.24) is 4.57 Å². The Balaban J connectivity index is 1.27. The number of hydrogen-bond donors (Lipinski definition) is 0. The standard InChI is InChI=1S/C39H23N3O2/c1-39(17-16-36-30(20-39)28-13-12-27-26-7-3-5-9-35(26)43-37(27)38(28)44-36)31-14-10-24(22-41)19-34(31)42-32-8-4-2-6-25(32)29-18-23(21-40)11-15-33(29)42/h2-19H,20H2,1H3. The zero-order chi connectivity index (χ0) is 29.6. The first-order chi connectivity index (χ1) is 21.6. The molecule has 1 aliphatic rings. The summed E-state index contributed by atoms with van der Waals surface area (Å²) in [6.07, 6.45) is 5.02. The Morgan fingerprint density at radius 1 is 0.682 bits per heavy atom. The Labute approximate surface area is 252 Å². The van der Waals surface area contributed by atoms with Crippen LogP contribution in [0.4, 0.5) is 0 Å². The molecule has 3 heterocycles. The van der Waals surface area contributed by atoms with Gasteiger partial charge in [0.1, 0.15) is 11.3 Å². The number of aromatic nitrogens is 1. The molecule has 0 fully saturated rings. The topological polar surface area (TPSA) is 78.8 Å². The van der Waals surface area contributed by atoms with Crippen molar-refractivity contribution in [3.63, 3.8) is 0 Å². The van der Waals surface area contributed by atoms with Gasteiger partial charge in [-0.05, 0) is 72.7 Å². The molecule has 0 N–H and O–H groups in total. The molecule has 0 aliphatic heterocycles. The number of hydrogen-bond acceptors (Lipinski definition) is 4. The highest BCUT2D eigenvalue weighted by Crippen LogP contribution is 2.46. The summed E-state index contributed by atoms with van der Waals surface area (Å²) < 4.78 is 15.0. The highest BCUT2D eigenvalue weighted by Gasteiger charge is 2.34. The summed E-state index contributed by atoms with van der Waals surface area (Å²) in [5.41, 5.74) is 8.41. The molecular weight excluding hydrogens is 542 g/mol. The minimum absolute atomic E-state index is 0.403. The fourth-order valence-electron chi connectivity index (χ4n) is 7.17. The van der Waals surface area contributed by atoms with Crippen LogP contribution in [-0.4, -0.2) is 4.57 Å². The molecule has 0 saturated heterocycles. The van der Waals surface area contributed by atoms with Gasteiger partial charge in [-0.25, -0.2) is 0 Å². The Hall–Kier alpha value is -6.04. The van der Waals surface area contributed by atoms with Gasteiger partial charge >= 0.3 is 0 Å². The van der Waals surface area contributed by atoms with Gasteiger partial charge in [0.2, 0.25) is 0 Å². The van der Waals surface area contributed by atoms with E-state index in [1.807, 2.05) is 60.7 Å². The Bertz CT molecular complexity index is 2630. The number of furan rings is 2. The van der Waals surface area contributed by atoms with Gasteiger partial charge in [0.15, 0.2) is 11.2 Å².